The Labute approximate surface area is 135 Å². The van der Waals surface area contributed by atoms with Crippen molar-refractivity contribution in [1.29, 1.82) is 0 Å². The van der Waals surface area contributed by atoms with Crippen molar-refractivity contribution in [2.75, 3.05) is 0 Å². The number of carbonyl (C=O) groups excluding carboxylic acids is 1. The van der Waals surface area contributed by atoms with Gasteiger partial charge in [0.15, 0.2) is 5.82 Å². The smallest absolute Gasteiger partial charge is 0.224 e. The number of hydrogen-bond donors (Lipinski definition) is 1. The van der Waals surface area contributed by atoms with E-state index in [-0.39, 0.29) is 11.2 Å². The van der Waals surface area contributed by atoms with Gasteiger partial charge in [-0.15, -0.1) is 0 Å². The molecule has 1 aromatic carbocycles. The molecule has 0 aliphatic heterocycles. The summed E-state index contributed by atoms with van der Waals surface area (Å²) >= 11 is 5.99. The van der Waals surface area contributed by atoms with Gasteiger partial charge in [0.2, 0.25) is 5.78 Å². The van der Waals surface area contributed by atoms with Gasteiger partial charge >= 0.3 is 0 Å². The number of aromatic amines is 1. The van der Waals surface area contributed by atoms with Crippen molar-refractivity contribution < 1.29 is 4.79 Å². The predicted molar refractivity (Wildman–Crippen MR) is 88.9 cm³/mol. The highest BCUT2D eigenvalue weighted by Crippen LogP contribution is 2.43. The third-order valence-corrected chi connectivity index (χ3v) is 4.50. The van der Waals surface area contributed by atoms with E-state index in [2.05, 4.69) is 23.8 Å². The number of halogens is 1. The molecule has 1 aromatic heterocycles. The highest BCUT2D eigenvalue weighted by Gasteiger charge is 2.31. The van der Waals surface area contributed by atoms with Gasteiger partial charge in [0.25, 0.3) is 0 Å². The van der Waals surface area contributed by atoms with Gasteiger partial charge in [-0.25, -0.2) is 4.98 Å². The zero-order valence-corrected chi connectivity index (χ0v) is 13.6. The van der Waals surface area contributed by atoms with Crippen LogP contribution in [0.2, 0.25) is 5.02 Å². The van der Waals surface area contributed by atoms with E-state index in [1.807, 2.05) is 24.3 Å². The molecule has 0 unspecified atom stereocenters. The van der Waals surface area contributed by atoms with Gasteiger partial charge in [-0.05, 0) is 47.9 Å². The molecule has 1 aliphatic rings. The van der Waals surface area contributed by atoms with E-state index in [1.54, 1.807) is 12.4 Å². The second-order valence-corrected chi connectivity index (χ2v) is 7.01. The first-order valence-corrected chi connectivity index (χ1v) is 7.86. The fourth-order valence-electron chi connectivity index (χ4n) is 3.00. The first-order valence-electron chi connectivity index (χ1n) is 7.48. The van der Waals surface area contributed by atoms with E-state index < -0.39 is 0 Å². The molecule has 1 heterocycles. The van der Waals surface area contributed by atoms with Gasteiger partial charge in [0.1, 0.15) is 0 Å². The van der Waals surface area contributed by atoms with Crippen molar-refractivity contribution in [3.63, 3.8) is 0 Å². The summed E-state index contributed by atoms with van der Waals surface area (Å²) in [6.07, 6.45) is 5.97. The van der Waals surface area contributed by atoms with Crippen LogP contribution in [0, 0.1) is 5.41 Å². The normalized spacial score (nSPS) is 17.6. The van der Waals surface area contributed by atoms with Crippen LogP contribution in [-0.2, 0) is 0 Å². The number of H-pyrrole nitrogens is 1. The number of allylic oxidation sites excluding steroid dienone is 2. The highest BCUT2D eigenvalue weighted by molar-refractivity contribution is 6.30. The molecule has 0 radical (unpaired) electrons. The van der Waals surface area contributed by atoms with E-state index in [9.17, 15) is 4.79 Å². The van der Waals surface area contributed by atoms with E-state index in [0.29, 0.717) is 10.8 Å². The quantitative estimate of drug-likeness (QED) is 0.818. The van der Waals surface area contributed by atoms with Crippen LogP contribution in [0.1, 0.15) is 49.3 Å². The summed E-state index contributed by atoms with van der Waals surface area (Å²) in [5.74, 6) is 0.423. The van der Waals surface area contributed by atoms with Gasteiger partial charge < -0.3 is 4.98 Å². The Morgan fingerprint density at radius 2 is 2.00 bits per heavy atom. The number of imidazole rings is 1. The van der Waals surface area contributed by atoms with Crippen LogP contribution in [0.25, 0.3) is 5.57 Å². The number of aromatic nitrogens is 2. The second-order valence-electron chi connectivity index (χ2n) is 6.57. The number of ketones is 1. The number of rotatable bonds is 3. The largest absolute Gasteiger partial charge is 0.342 e. The van der Waals surface area contributed by atoms with Crippen LogP contribution < -0.4 is 0 Å². The van der Waals surface area contributed by atoms with Gasteiger partial charge in [-0.2, -0.15) is 0 Å². The average Bonchev–Trinajstić information content (AvgIpc) is 3.01. The second kappa shape index (κ2) is 5.73. The SMILES string of the molecule is CC1(C)CCC(C(=O)c2ncc[nH]2)=C(c2ccc(Cl)cc2)C1. The molecular formula is C18H19ClN2O. The molecule has 0 saturated heterocycles. The molecule has 0 fully saturated rings. The molecule has 0 bridgehead atoms. The van der Waals surface area contributed by atoms with Crippen LogP contribution in [0.3, 0.4) is 0 Å². The molecule has 0 spiro atoms. The Bertz CT molecular complexity index is 712. The Kier molecular flexibility index (Phi) is 3.92. The molecule has 1 N–H and O–H groups in total. The summed E-state index contributed by atoms with van der Waals surface area (Å²) in [7, 11) is 0. The minimum absolute atomic E-state index is 0.00505. The van der Waals surface area contributed by atoms with Crippen LogP contribution in [0.4, 0.5) is 0 Å². The molecule has 114 valence electrons. The summed E-state index contributed by atoms with van der Waals surface area (Å²) in [5.41, 5.74) is 3.26. The van der Waals surface area contributed by atoms with Gasteiger partial charge in [0, 0.05) is 23.0 Å². The lowest BCUT2D eigenvalue weighted by molar-refractivity contribution is 0.101. The molecular weight excluding hydrogens is 296 g/mol. The minimum atomic E-state index is 0.00505. The summed E-state index contributed by atoms with van der Waals surface area (Å²) < 4.78 is 0. The molecule has 22 heavy (non-hydrogen) atoms. The number of Topliss-reactive ketones (excluding diaryl/α,β-unsaturated/α-hetero) is 1. The maximum atomic E-state index is 12.7. The lowest BCUT2D eigenvalue weighted by Crippen LogP contribution is -2.21. The lowest BCUT2D eigenvalue weighted by atomic mass is 9.71. The molecule has 0 amide bonds. The van der Waals surface area contributed by atoms with E-state index >= 15 is 0 Å². The standard InChI is InChI=1S/C18H19ClN2O/c1-18(2)8-7-14(16(22)17-20-9-10-21-17)15(11-18)12-3-5-13(19)6-4-12/h3-6,9-10H,7-8,11H2,1-2H3,(H,20,21). The maximum absolute atomic E-state index is 12.7. The molecule has 3 nitrogen and oxygen atoms in total. The summed E-state index contributed by atoms with van der Waals surface area (Å²) in [6, 6.07) is 7.74. The van der Waals surface area contributed by atoms with Crippen molar-refractivity contribution >= 4 is 23.0 Å². The average molecular weight is 315 g/mol. The van der Waals surface area contributed by atoms with Crippen LogP contribution in [-0.4, -0.2) is 15.8 Å². The van der Waals surface area contributed by atoms with Gasteiger partial charge in [0.05, 0.1) is 0 Å². The van der Waals surface area contributed by atoms with Crippen LogP contribution in [0.15, 0.2) is 42.2 Å². The van der Waals surface area contributed by atoms with Crippen LogP contribution in [0.5, 0.6) is 0 Å². The lowest BCUT2D eigenvalue weighted by Gasteiger charge is -2.33. The maximum Gasteiger partial charge on any atom is 0.224 e. The van der Waals surface area contributed by atoms with Crippen molar-refractivity contribution in [2.24, 2.45) is 5.41 Å². The van der Waals surface area contributed by atoms with E-state index in [1.165, 1.54) is 0 Å². The summed E-state index contributed by atoms with van der Waals surface area (Å²) in [4.78, 5) is 19.8. The zero-order chi connectivity index (χ0) is 15.7. The fourth-order valence-corrected chi connectivity index (χ4v) is 3.12. The summed E-state index contributed by atoms with van der Waals surface area (Å²) in [6.45, 7) is 4.49. The van der Waals surface area contributed by atoms with Crippen molar-refractivity contribution in [3.8, 4) is 0 Å². The molecule has 1 aliphatic carbocycles. The zero-order valence-electron chi connectivity index (χ0n) is 12.8. The minimum Gasteiger partial charge on any atom is -0.342 e. The Morgan fingerprint density at radius 1 is 1.27 bits per heavy atom. The van der Waals surface area contributed by atoms with Crippen LogP contribution >= 0.6 is 11.6 Å². The Hall–Kier alpha value is -1.87. The van der Waals surface area contributed by atoms with E-state index in [4.69, 9.17) is 11.6 Å². The van der Waals surface area contributed by atoms with Crippen molar-refractivity contribution in [3.05, 3.63) is 58.6 Å². The number of nitrogens with one attached hydrogen (secondary N) is 1. The number of nitrogens with zero attached hydrogens (tertiary/aromatic N) is 1. The van der Waals surface area contributed by atoms with Gasteiger partial charge in [-0.3, -0.25) is 4.79 Å². The fraction of sp³-hybridized carbons (Fsp3) is 0.333. The topological polar surface area (TPSA) is 45.8 Å². The molecule has 4 heteroatoms. The number of hydrogen-bond acceptors (Lipinski definition) is 2. The highest BCUT2D eigenvalue weighted by atomic mass is 35.5. The first-order chi connectivity index (χ1) is 10.5. The molecule has 3 rings (SSSR count). The van der Waals surface area contributed by atoms with Gasteiger partial charge in [-0.1, -0.05) is 37.6 Å². The summed E-state index contributed by atoms with van der Waals surface area (Å²) in [5, 5.41) is 0.707. The third kappa shape index (κ3) is 3.00. The number of carbonyl (C=O) groups is 1. The molecule has 0 saturated carbocycles. The predicted octanol–water partition coefficient (Wildman–Crippen LogP) is 4.91. The monoisotopic (exact) mass is 314 g/mol. The molecule has 2 aromatic rings. The third-order valence-electron chi connectivity index (χ3n) is 4.25. The molecule has 0 atom stereocenters. The Morgan fingerprint density at radius 3 is 2.64 bits per heavy atom. The van der Waals surface area contributed by atoms with Crippen molar-refractivity contribution in [1.82, 2.24) is 9.97 Å². The Balaban J connectivity index is 2.07. The van der Waals surface area contributed by atoms with Crippen molar-refractivity contribution in [2.45, 2.75) is 33.1 Å². The number of benzene rings is 1. The first kappa shape index (κ1) is 15.0. The van der Waals surface area contributed by atoms with E-state index in [0.717, 1.165) is 36.0 Å².